The molecule has 0 bridgehead atoms. The molecular formula is C26H30F3N5O3S. The van der Waals surface area contributed by atoms with Crippen molar-refractivity contribution in [2.75, 3.05) is 31.1 Å². The monoisotopic (exact) mass is 549 g/mol. The highest BCUT2D eigenvalue weighted by molar-refractivity contribution is 7.89. The van der Waals surface area contributed by atoms with Gasteiger partial charge in [0.1, 0.15) is 0 Å². The fourth-order valence-corrected chi connectivity index (χ4v) is 6.02. The van der Waals surface area contributed by atoms with E-state index in [1.165, 1.54) is 33.4 Å². The first kappa shape index (κ1) is 27.6. The second kappa shape index (κ2) is 10.8. The highest BCUT2D eigenvalue weighted by atomic mass is 32.2. The van der Waals surface area contributed by atoms with Gasteiger partial charge in [-0.15, -0.1) is 0 Å². The van der Waals surface area contributed by atoms with Crippen LogP contribution in [0.1, 0.15) is 39.5 Å². The van der Waals surface area contributed by atoms with Gasteiger partial charge in [0.05, 0.1) is 11.1 Å². The predicted molar refractivity (Wildman–Crippen MR) is 137 cm³/mol. The highest BCUT2D eigenvalue weighted by Gasteiger charge is 2.36. The lowest BCUT2D eigenvalue weighted by atomic mass is 10.1. The normalized spacial score (nSPS) is 15.1. The third-order valence-corrected chi connectivity index (χ3v) is 8.63. The first-order chi connectivity index (χ1) is 17.9. The molecule has 1 aliphatic rings. The van der Waals surface area contributed by atoms with E-state index in [-0.39, 0.29) is 24.2 Å². The molecule has 0 unspecified atom stereocenters. The van der Waals surface area contributed by atoms with E-state index in [4.69, 9.17) is 0 Å². The zero-order valence-electron chi connectivity index (χ0n) is 21.4. The number of carbonyl (C=O) groups excluding carboxylic acids is 1. The van der Waals surface area contributed by atoms with Gasteiger partial charge in [-0.25, -0.2) is 8.42 Å². The van der Waals surface area contributed by atoms with Crippen molar-refractivity contribution in [3.63, 3.8) is 0 Å². The third-order valence-electron chi connectivity index (χ3n) is 6.80. The van der Waals surface area contributed by atoms with Gasteiger partial charge in [-0.05, 0) is 49.6 Å². The number of rotatable bonds is 7. The summed E-state index contributed by atoms with van der Waals surface area (Å²) < 4.78 is 69.8. The van der Waals surface area contributed by atoms with Crippen LogP contribution in [0.25, 0.3) is 0 Å². The topological polar surface area (TPSA) is 87.5 Å². The van der Waals surface area contributed by atoms with Gasteiger partial charge >= 0.3 is 6.18 Å². The number of sulfonamides is 1. The Labute approximate surface area is 220 Å². The first-order valence-electron chi connectivity index (χ1n) is 12.3. The van der Waals surface area contributed by atoms with E-state index in [1.54, 1.807) is 6.92 Å². The molecule has 4 rings (SSSR count). The minimum absolute atomic E-state index is 0.122. The molecule has 1 aromatic heterocycles. The molecule has 12 heteroatoms. The summed E-state index contributed by atoms with van der Waals surface area (Å²) in [6, 6.07) is 10.9. The molecular weight excluding hydrogens is 519 g/mol. The molecule has 38 heavy (non-hydrogen) atoms. The van der Waals surface area contributed by atoms with Gasteiger partial charge in [-0.2, -0.15) is 22.6 Å². The lowest BCUT2D eigenvalue weighted by Crippen LogP contribution is -2.49. The molecule has 2 aromatic carbocycles. The summed E-state index contributed by atoms with van der Waals surface area (Å²) in [4.78, 5) is 15.2. The van der Waals surface area contributed by atoms with E-state index in [9.17, 15) is 26.4 Å². The van der Waals surface area contributed by atoms with Crippen LogP contribution < -0.4 is 10.2 Å². The van der Waals surface area contributed by atoms with Crippen molar-refractivity contribution < 1.29 is 26.4 Å². The smallest absolute Gasteiger partial charge is 0.369 e. The minimum atomic E-state index is -4.58. The Hall–Kier alpha value is -3.38. The number of alkyl halides is 3. The second-order valence-corrected chi connectivity index (χ2v) is 11.0. The van der Waals surface area contributed by atoms with E-state index in [0.29, 0.717) is 19.6 Å². The Morgan fingerprint density at radius 2 is 1.71 bits per heavy atom. The van der Waals surface area contributed by atoms with Gasteiger partial charge in [0.25, 0.3) is 15.9 Å². The fraction of sp³-hybridized carbons (Fsp3) is 0.385. The maximum atomic E-state index is 13.6. The first-order valence-corrected chi connectivity index (χ1v) is 13.7. The molecule has 1 saturated heterocycles. The summed E-state index contributed by atoms with van der Waals surface area (Å²) >= 11 is 0. The van der Waals surface area contributed by atoms with Crippen LogP contribution in [0.5, 0.6) is 0 Å². The average Bonchev–Trinajstić information content (AvgIpc) is 3.34. The molecule has 204 valence electrons. The quantitative estimate of drug-likeness (QED) is 0.482. The highest BCUT2D eigenvalue weighted by Crippen LogP contribution is 2.32. The summed E-state index contributed by atoms with van der Waals surface area (Å²) in [6.07, 6.45) is -3.27. The average molecular weight is 550 g/mol. The molecule has 1 amide bonds. The molecule has 8 nitrogen and oxygen atoms in total. The number of halogens is 3. The number of hydrogen-bond donors (Lipinski definition) is 1. The van der Waals surface area contributed by atoms with Crippen LogP contribution in [0.15, 0.2) is 53.7 Å². The summed E-state index contributed by atoms with van der Waals surface area (Å²) in [7, 11) is -4.13. The van der Waals surface area contributed by atoms with E-state index in [2.05, 4.69) is 15.3 Å². The number of carbonyl (C=O) groups is 1. The summed E-state index contributed by atoms with van der Waals surface area (Å²) in [5.74, 6) is -0.811. The van der Waals surface area contributed by atoms with Gasteiger partial charge in [-0.3, -0.25) is 9.48 Å². The Morgan fingerprint density at radius 3 is 2.37 bits per heavy atom. The van der Waals surface area contributed by atoms with Gasteiger partial charge in [0.15, 0.2) is 0 Å². The molecule has 0 aliphatic carbocycles. The number of aryl methyl sites for hydroxylation is 2. The van der Waals surface area contributed by atoms with Crippen molar-refractivity contribution in [1.29, 1.82) is 0 Å². The fourth-order valence-electron chi connectivity index (χ4n) is 4.50. The SMILES string of the molecule is CCn1cc(C(=O)NCc2ccccc2C(F)(F)F)c(S(=O)(=O)N2CCN(c3cccc(C)c3C)CC2)n1. The van der Waals surface area contributed by atoms with Crippen LogP contribution in [0.2, 0.25) is 0 Å². The summed E-state index contributed by atoms with van der Waals surface area (Å²) in [5, 5.41) is 6.18. The molecule has 0 atom stereocenters. The van der Waals surface area contributed by atoms with E-state index >= 15 is 0 Å². The molecule has 1 fully saturated rings. The van der Waals surface area contributed by atoms with Crippen LogP contribution in [-0.4, -0.2) is 54.6 Å². The van der Waals surface area contributed by atoms with Crippen LogP contribution >= 0.6 is 0 Å². The van der Waals surface area contributed by atoms with Gasteiger partial charge < -0.3 is 10.2 Å². The Bertz CT molecular complexity index is 1430. The van der Waals surface area contributed by atoms with E-state index in [1.807, 2.05) is 32.0 Å². The molecule has 1 N–H and O–H groups in total. The largest absolute Gasteiger partial charge is 0.416 e. The number of amides is 1. The van der Waals surface area contributed by atoms with Crippen molar-refractivity contribution in [2.45, 2.75) is 45.1 Å². The standard InChI is InChI=1S/C26H30F3N5O3S/c1-4-33-17-21(24(35)30-16-20-9-5-6-10-22(20)26(27,28)29)25(31-33)38(36,37)34-14-12-32(13-15-34)23-11-7-8-18(2)19(23)3/h5-11,17H,4,12-16H2,1-3H3,(H,30,35). The number of benzene rings is 2. The number of anilines is 1. The molecule has 3 aromatic rings. The number of aromatic nitrogens is 2. The molecule has 0 radical (unpaired) electrons. The number of hydrogen-bond acceptors (Lipinski definition) is 5. The van der Waals surface area contributed by atoms with E-state index < -0.39 is 39.2 Å². The lowest BCUT2D eigenvalue weighted by Gasteiger charge is -2.36. The third kappa shape index (κ3) is 5.56. The molecule has 2 heterocycles. The lowest BCUT2D eigenvalue weighted by molar-refractivity contribution is -0.138. The van der Waals surface area contributed by atoms with Crippen molar-refractivity contribution in [2.24, 2.45) is 0 Å². The predicted octanol–water partition coefficient (Wildman–Crippen LogP) is 3.98. The molecule has 0 saturated carbocycles. The van der Waals surface area contributed by atoms with Gasteiger partial charge in [0, 0.05) is 51.2 Å². The Kier molecular flexibility index (Phi) is 7.84. The van der Waals surface area contributed by atoms with Crippen molar-refractivity contribution in [3.8, 4) is 0 Å². The van der Waals surface area contributed by atoms with E-state index in [0.717, 1.165) is 22.9 Å². The zero-order chi connectivity index (χ0) is 27.7. The van der Waals surface area contributed by atoms with Crippen molar-refractivity contribution >= 4 is 21.6 Å². The zero-order valence-corrected chi connectivity index (χ0v) is 22.2. The number of nitrogens with one attached hydrogen (secondary N) is 1. The van der Waals surface area contributed by atoms with Gasteiger partial charge in [-0.1, -0.05) is 30.3 Å². The van der Waals surface area contributed by atoms with Crippen LogP contribution in [0, 0.1) is 13.8 Å². The maximum absolute atomic E-state index is 13.6. The minimum Gasteiger partial charge on any atom is -0.369 e. The summed E-state index contributed by atoms with van der Waals surface area (Å²) in [5.41, 5.74) is 2.15. The number of nitrogens with zero attached hydrogens (tertiary/aromatic N) is 4. The van der Waals surface area contributed by atoms with Crippen molar-refractivity contribution in [3.05, 3.63) is 76.5 Å². The second-order valence-electron chi connectivity index (χ2n) is 9.15. The molecule has 0 spiro atoms. The number of piperazine rings is 1. The Morgan fingerprint density at radius 1 is 1.03 bits per heavy atom. The van der Waals surface area contributed by atoms with Crippen molar-refractivity contribution in [1.82, 2.24) is 19.4 Å². The van der Waals surface area contributed by atoms with Crippen LogP contribution in [-0.2, 0) is 29.3 Å². The maximum Gasteiger partial charge on any atom is 0.416 e. The molecule has 1 aliphatic heterocycles. The van der Waals surface area contributed by atoms with Crippen LogP contribution in [0.3, 0.4) is 0 Å². The van der Waals surface area contributed by atoms with Crippen LogP contribution in [0.4, 0.5) is 18.9 Å². The summed E-state index contributed by atoms with van der Waals surface area (Å²) in [6.45, 7) is 7.03. The van der Waals surface area contributed by atoms with Gasteiger partial charge in [0.2, 0.25) is 5.03 Å². The Balaban J connectivity index is 1.53.